The second-order valence-electron chi connectivity index (χ2n) is 10.0. The van der Waals surface area contributed by atoms with E-state index >= 15 is 0 Å². The van der Waals surface area contributed by atoms with Gasteiger partial charge in [-0.2, -0.15) is 5.10 Å². The Kier molecular flexibility index (Phi) is 5.71. The summed E-state index contributed by atoms with van der Waals surface area (Å²) in [7, 11) is 0. The fraction of sp³-hybridized carbons (Fsp3) is 0.0588. The Morgan fingerprint density at radius 1 is 0.707 bits per heavy atom. The molecule has 2 aliphatic heterocycles. The molecule has 7 nitrogen and oxygen atoms in total. The van der Waals surface area contributed by atoms with Crippen LogP contribution in [0.3, 0.4) is 0 Å². The zero-order chi connectivity index (χ0) is 28.1. The van der Waals surface area contributed by atoms with E-state index in [4.69, 9.17) is 5.10 Å². The van der Waals surface area contributed by atoms with Gasteiger partial charge in [-0.05, 0) is 52.9 Å². The quantitative estimate of drug-likeness (QED) is 0.282. The van der Waals surface area contributed by atoms with E-state index in [1.807, 2.05) is 65.7 Å². The van der Waals surface area contributed by atoms with E-state index in [2.05, 4.69) is 0 Å². The molecule has 0 bridgehead atoms. The van der Waals surface area contributed by atoms with E-state index in [-0.39, 0.29) is 23.4 Å². The molecule has 0 spiro atoms. The lowest BCUT2D eigenvalue weighted by molar-refractivity contribution is -0.255. The maximum absolute atomic E-state index is 13.6. The highest BCUT2D eigenvalue weighted by atomic mass is 16.4. The molecule has 0 saturated carbocycles. The van der Waals surface area contributed by atoms with E-state index in [1.165, 1.54) is 11.0 Å². The van der Waals surface area contributed by atoms with Crippen molar-refractivity contribution in [1.82, 2.24) is 0 Å². The number of benzene rings is 5. The molecule has 198 valence electrons. The zero-order valence-electron chi connectivity index (χ0n) is 21.7. The van der Waals surface area contributed by atoms with Gasteiger partial charge in [-0.3, -0.25) is 14.6 Å². The third kappa shape index (κ3) is 3.98. The molecule has 0 fully saturated rings. The number of carboxylic acids is 1. The topological polar surface area (TPSA) is 93.1 Å². The van der Waals surface area contributed by atoms with Crippen LogP contribution in [0.4, 0.5) is 11.4 Å². The molecule has 0 saturated heterocycles. The number of rotatable bonds is 5. The lowest BCUT2D eigenvalue weighted by atomic mass is 9.88. The van der Waals surface area contributed by atoms with Gasteiger partial charge in [0.15, 0.2) is 0 Å². The van der Waals surface area contributed by atoms with Crippen LogP contribution in [-0.2, 0) is 0 Å². The van der Waals surface area contributed by atoms with Gasteiger partial charge in [0.05, 0.1) is 29.1 Å². The highest BCUT2D eigenvalue weighted by Gasteiger charge is 2.36. The normalized spacial score (nSPS) is 16.3. The number of hydrogen-bond donors (Lipinski definition) is 0. The molecule has 0 aromatic heterocycles. The molecule has 0 aliphatic carbocycles. The molecular weight excluding hydrogens is 514 g/mol. The van der Waals surface area contributed by atoms with Crippen LogP contribution in [-0.4, -0.2) is 23.5 Å². The summed E-state index contributed by atoms with van der Waals surface area (Å²) in [6.07, 6.45) is 0.538. The number of carbonyl (C=O) groups is 3. The summed E-state index contributed by atoms with van der Waals surface area (Å²) in [4.78, 5) is 40.1. The fourth-order valence-electron chi connectivity index (χ4n) is 5.78. The first-order valence-corrected chi connectivity index (χ1v) is 13.2. The monoisotopic (exact) mass is 536 g/mol. The van der Waals surface area contributed by atoms with Gasteiger partial charge in [0, 0.05) is 28.5 Å². The molecule has 41 heavy (non-hydrogen) atoms. The summed E-state index contributed by atoms with van der Waals surface area (Å²) in [6, 6.07) is 34.3. The second-order valence-corrected chi connectivity index (χ2v) is 10.0. The van der Waals surface area contributed by atoms with E-state index < -0.39 is 5.97 Å². The van der Waals surface area contributed by atoms with E-state index in [0.29, 0.717) is 34.3 Å². The molecule has 1 atom stereocenters. The Bertz CT molecular complexity index is 1880. The highest BCUT2D eigenvalue weighted by molar-refractivity contribution is 6.36. The van der Waals surface area contributed by atoms with Crippen LogP contribution in [0.5, 0.6) is 0 Å². The fourth-order valence-corrected chi connectivity index (χ4v) is 5.78. The summed E-state index contributed by atoms with van der Waals surface area (Å²) in [5.74, 6) is -1.99. The molecule has 2 amide bonds. The number of aromatic carboxylic acids is 1. The van der Waals surface area contributed by atoms with Crippen LogP contribution in [0.1, 0.15) is 54.7 Å². The van der Waals surface area contributed by atoms with Crippen molar-refractivity contribution in [2.24, 2.45) is 5.10 Å². The van der Waals surface area contributed by atoms with Crippen molar-refractivity contribution in [1.29, 1.82) is 0 Å². The number of nitrogens with zero attached hydrogens (tertiary/aromatic N) is 3. The Labute approximate surface area is 235 Å². The molecule has 1 unspecified atom stereocenters. The summed E-state index contributed by atoms with van der Waals surface area (Å²) in [5, 5.41) is 19.8. The molecule has 7 heteroatoms. The molecule has 2 aliphatic rings. The van der Waals surface area contributed by atoms with Crippen LogP contribution in [0, 0.1) is 0 Å². The summed E-state index contributed by atoms with van der Waals surface area (Å²) in [5.41, 5.74) is 4.75. The molecular formula is C34H22N3O4-. The van der Waals surface area contributed by atoms with Crippen LogP contribution in [0.25, 0.3) is 10.8 Å². The number of hydrogen-bond acceptors (Lipinski definition) is 6. The molecule has 0 radical (unpaired) electrons. The third-order valence-corrected chi connectivity index (χ3v) is 7.67. The van der Waals surface area contributed by atoms with Crippen LogP contribution < -0.4 is 15.0 Å². The van der Waals surface area contributed by atoms with Crippen molar-refractivity contribution in [3.8, 4) is 0 Å². The molecule has 5 aromatic rings. The largest absolute Gasteiger partial charge is 0.545 e. The Hall–Kier alpha value is -5.56. The average Bonchev–Trinajstić information content (AvgIpc) is 3.46. The smallest absolute Gasteiger partial charge is 0.265 e. The maximum atomic E-state index is 13.6. The molecule has 5 aromatic carbocycles. The third-order valence-electron chi connectivity index (χ3n) is 7.67. The first kappa shape index (κ1) is 24.5. The lowest BCUT2D eigenvalue weighted by Crippen LogP contribution is -2.40. The molecule has 7 rings (SSSR count). The van der Waals surface area contributed by atoms with Gasteiger partial charge in [-0.15, -0.1) is 0 Å². The minimum absolute atomic E-state index is 0.0690. The number of carboxylic acid groups (broad SMARTS) is 1. The highest BCUT2D eigenvalue weighted by Crippen LogP contribution is 2.40. The molecule has 2 heterocycles. The Morgan fingerprint density at radius 2 is 1.34 bits per heavy atom. The van der Waals surface area contributed by atoms with Crippen LogP contribution in [0.2, 0.25) is 0 Å². The number of amides is 2. The van der Waals surface area contributed by atoms with Gasteiger partial charge < -0.3 is 9.90 Å². The number of para-hydroxylation sites is 1. The van der Waals surface area contributed by atoms with Gasteiger partial charge in [0.25, 0.3) is 11.8 Å². The van der Waals surface area contributed by atoms with E-state index in [1.54, 1.807) is 48.5 Å². The maximum Gasteiger partial charge on any atom is 0.265 e. The number of anilines is 2. The number of carbonyl (C=O) groups excluding carboxylic acids is 3. The van der Waals surface area contributed by atoms with Crippen molar-refractivity contribution >= 4 is 45.6 Å². The minimum atomic E-state index is -1.26. The predicted octanol–water partition coefficient (Wildman–Crippen LogP) is 5.36. The van der Waals surface area contributed by atoms with Gasteiger partial charge in [0.1, 0.15) is 0 Å². The lowest BCUT2D eigenvalue weighted by Gasteiger charge is -2.27. The summed E-state index contributed by atoms with van der Waals surface area (Å²) >= 11 is 0. The van der Waals surface area contributed by atoms with Crippen LogP contribution in [0.15, 0.2) is 120 Å². The van der Waals surface area contributed by atoms with Gasteiger partial charge in [-0.1, -0.05) is 78.9 Å². The summed E-state index contributed by atoms with van der Waals surface area (Å²) < 4.78 is 0. The van der Waals surface area contributed by atoms with Gasteiger partial charge >= 0.3 is 0 Å². The second kappa shape index (κ2) is 9.57. The number of hydrazone groups is 1. The standard InChI is InChI=1S/C34H23N3O4/c38-32-27-16-8-15-26-25(17-18-28(31(26)27)33(39)36(32)23-12-5-2-6-13-23)29-20-30(21-9-3-1-4-10-21)37(35-29)24-14-7-11-22(19-24)34(40)41/h1-19,30H,20H2,(H,40,41)/p-1. The van der Waals surface area contributed by atoms with Gasteiger partial charge in [-0.25, -0.2) is 4.90 Å². The first-order chi connectivity index (χ1) is 20.0. The van der Waals surface area contributed by atoms with Crippen molar-refractivity contribution in [2.45, 2.75) is 12.5 Å². The molecule has 0 N–H and O–H groups in total. The summed E-state index contributed by atoms with van der Waals surface area (Å²) in [6.45, 7) is 0. The SMILES string of the molecule is O=C([O-])c1cccc(N2N=C(c3ccc4c5c(cccc35)C(=O)N(c3ccccc3)C4=O)CC2c2ccccc2)c1. The van der Waals surface area contributed by atoms with E-state index in [9.17, 15) is 19.5 Å². The predicted molar refractivity (Wildman–Crippen MR) is 155 cm³/mol. The Morgan fingerprint density at radius 3 is 2.07 bits per heavy atom. The Balaban J connectivity index is 1.36. The van der Waals surface area contributed by atoms with Crippen molar-refractivity contribution in [2.75, 3.05) is 9.91 Å². The van der Waals surface area contributed by atoms with Crippen molar-refractivity contribution in [3.63, 3.8) is 0 Å². The minimum Gasteiger partial charge on any atom is -0.545 e. The van der Waals surface area contributed by atoms with Crippen LogP contribution >= 0.6 is 0 Å². The van der Waals surface area contributed by atoms with E-state index in [0.717, 1.165) is 22.2 Å². The zero-order valence-corrected chi connectivity index (χ0v) is 21.7. The van der Waals surface area contributed by atoms with Gasteiger partial charge in [0.2, 0.25) is 0 Å². The number of imide groups is 1. The average molecular weight is 537 g/mol. The first-order valence-electron chi connectivity index (χ1n) is 13.2. The van der Waals surface area contributed by atoms with Crippen molar-refractivity contribution in [3.05, 3.63) is 143 Å². The van der Waals surface area contributed by atoms with Crippen molar-refractivity contribution < 1.29 is 19.5 Å².